The van der Waals surface area contributed by atoms with Crippen molar-refractivity contribution in [3.8, 4) is 11.1 Å². The predicted molar refractivity (Wildman–Crippen MR) is 104 cm³/mol. The number of rotatable bonds is 0. The second-order valence-electron chi connectivity index (χ2n) is 7.37. The Morgan fingerprint density at radius 2 is 0.960 bits per heavy atom. The molecule has 25 heavy (non-hydrogen) atoms. The van der Waals surface area contributed by atoms with Crippen molar-refractivity contribution in [1.29, 1.82) is 0 Å². The van der Waals surface area contributed by atoms with Gasteiger partial charge in [-0.05, 0) is 74.5 Å². The van der Waals surface area contributed by atoms with Crippen molar-refractivity contribution in [3.63, 3.8) is 0 Å². The fourth-order valence-corrected chi connectivity index (χ4v) is 4.87. The molecule has 0 fully saturated rings. The molecule has 118 valence electrons. The second kappa shape index (κ2) is 4.83. The van der Waals surface area contributed by atoms with Crippen LogP contribution in [0.25, 0.3) is 21.9 Å². The molecule has 0 amide bonds. The van der Waals surface area contributed by atoms with E-state index in [9.17, 15) is 0 Å². The highest BCUT2D eigenvalue weighted by Crippen LogP contribution is 2.46. The van der Waals surface area contributed by atoms with Crippen LogP contribution in [0.5, 0.6) is 0 Å². The Bertz CT molecular complexity index is 1160. The lowest BCUT2D eigenvalue weighted by atomic mass is 9.91. The van der Waals surface area contributed by atoms with Crippen LogP contribution in [-0.2, 0) is 19.3 Å². The molecule has 0 nitrogen and oxygen atoms in total. The zero-order valence-corrected chi connectivity index (χ0v) is 14.0. The van der Waals surface area contributed by atoms with Gasteiger partial charge in [0.25, 0.3) is 0 Å². The largest absolute Gasteiger partial charge is 0.0620 e. The first-order chi connectivity index (χ1) is 12.4. The quantitative estimate of drug-likeness (QED) is 0.327. The summed E-state index contributed by atoms with van der Waals surface area (Å²) < 4.78 is 0. The minimum absolute atomic E-state index is 1.02. The molecule has 4 aromatic carbocycles. The Labute approximate surface area is 147 Å². The number of hydrogen-bond acceptors (Lipinski definition) is 0. The van der Waals surface area contributed by atoms with Gasteiger partial charge in [-0.15, -0.1) is 0 Å². The monoisotopic (exact) mass is 318 g/mol. The third kappa shape index (κ3) is 1.83. The molecule has 0 bridgehead atoms. The van der Waals surface area contributed by atoms with Crippen molar-refractivity contribution in [2.45, 2.75) is 19.3 Å². The van der Waals surface area contributed by atoms with Crippen LogP contribution in [0.2, 0.25) is 0 Å². The summed E-state index contributed by atoms with van der Waals surface area (Å²) in [5.41, 5.74) is 11.9. The van der Waals surface area contributed by atoms with Gasteiger partial charge >= 0.3 is 0 Å². The molecule has 0 heteroatoms. The van der Waals surface area contributed by atoms with E-state index >= 15 is 0 Å². The molecule has 2 aliphatic rings. The summed E-state index contributed by atoms with van der Waals surface area (Å²) in [5, 5.41) is 2.85. The summed E-state index contributed by atoms with van der Waals surface area (Å²) in [6.07, 6.45) is 3.13. The minimum Gasteiger partial charge on any atom is -0.0620 e. The Morgan fingerprint density at radius 1 is 0.400 bits per heavy atom. The van der Waals surface area contributed by atoms with E-state index in [0.29, 0.717) is 0 Å². The van der Waals surface area contributed by atoms with Crippen LogP contribution in [0.15, 0.2) is 72.8 Å². The molecule has 0 spiro atoms. The van der Waals surface area contributed by atoms with Gasteiger partial charge in [-0.25, -0.2) is 0 Å². The van der Waals surface area contributed by atoms with Crippen molar-refractivity contribution in [2.75, 3.05) is 0 Å². The van der Waals surface area contributed by atoms with Crippen LogP contribution >= 0.6 is 0 Å². The van der Waals surface area contributed by atoms with Gasteiger partial charge in [0.05, 0.1) is 0 Å². The molecular weight excluding hydrogens is 300 g/mol. The predicted octanol–water partition coefficient (Wildman–Crippen LogP) is 5.91. The number of benzene rings is 4. The average Bonchev–Trinajstić information content (AvgIpc) is 3.04. The van der Waals surface area contributed by atoms with E-state index in [1.165, 1.54) is 55.3 Å². The smallest absolute Gasteiger partial charge is 0.00131 e. The summed E-state index contributed by atoms with van der Waals surface area (Å²) >= 11 is 0. The Kier molecular flexibility index (Phi) is 2.59. The molecule has 0 atom stereocenters. The molecule has 2 aliphatic carbocycles. The van der Waals surface area contributed by atoms with Crippen LogP contribution in [0.4, 0.5) is 0 Å². The fraction of sp³-hybridized carbons (Fsp3) is 0.120. The normalized spacial score (nSPS) is 13.9. The van der Waals surface area contributed by atoms with Crippen LogP contribution in [0.3, 0.4) is 0 Å². The maximum atomic E-state index is 2.34. The Morgan fingerprint density at radius 3 is 1.76 bits per heavy atom. The van der Waals surface area contributed by atoms with Gasteiger partial charge in [0.1, 0.15) is 0 Å². The Hall–Kier alpha value is -2.86. The van der Waals surface area contributed by atoms with Crippen molar-refractivity contribution < 1.29 is 0 Å². The molecule has 0 aromatic heterocycles. The lowest BCUT2D eigenvalue weighted by Gasteiger charge is -2.12. The molecular formula is C25H18. The maximum absolute atomic E-state index is 2.34. The summed E-state index contributed by atoms with van der Waals surface area (Å²) in [6.45, 7) is 0. The van der Waals surface area contributed by atoms with E-state index in [2.05, 4.69) is 72.8 Å². The summed E-state index contributed by atoms with van der Waals surface area (Å²) in [6, 6.07) is 27.3. The fourth-order valence-electron chi connectivity index (χ4n) is 4.87. The van der Waals surface area contributed by atoms with Crippen LogP contribution < -0.4 is 0 Å². The maximum Gasteiger partial charge on any atom is -0.00131 e. The van der Waals surface area contributed by atoms with E-state index in [0.717, 1.165) is 19.3 Å². The van der Waals surface area contributed by atoms with Gasteiger partial charge in [-0.2, -0.15) is 0 Å². The zero-order chi connectivity index (χ0) is 16.4. The van der Waals surface area contributed by atoms with E-state index < -0.39 is 0 Å². The van der Waals surface area contributed by atoms with E-state index in [1.807, 2.05) is 0 Å². The first-order valence-corrected chi connectivity index (χ1v) is 9.10. The molecule has 0 aliphatic heterocycles. The van der Waals surface area contributed by atoms with Gasteiger partial charge in [0.15, 0.2) is 0 Å². The topological polar surface area (TPSA) is 0 Å². The van der Waals surface area contributed by atoms with Gasteiger partial charge in [-0.3, -0.25) is 0 Å². The highest BCUT2D eigenvalue weighted by molar-refractivity contribution is 6.04. The highest BCUT2D eigenvalue weighted by atomic mass is 14.3. The van der Waals surface area contributed by atoms with Gasteiger partial charge in [0, 0.05) is 0 Å². The molecule has 0 N–H and O–H groups in total. The van der Waals surface area contributed by atoms with E-state index in [4.69, 9.17) is 0 Å². The van der Waals surface area contributed by atoms with E-state index in [1.54, 1.807) is 0 Å². The first kappa shape index (κ1) is 13.4. The molecule has 0 saturated heterocycles. The summed E-state index contributed by atoms with van der Waals surface area (Å²) in [5.74, 6) is 0. The van der Waals surface area contributed by atoms with Crippen molar-refractivity contribution in [1.82, 2.24) is 0 Å². The van der Waals surface area contributed by atoms with Crippen LogP contribution in [0.1, 0.15) is 33.4 Å². The van der Waals surface area contributed by atoms with Gasteiger partial charge < -0.3 is 0 Å². The molecule has 6 rings (SSSR count). The summed E-state index contributed by atoms with van der Waals surface area (Å²) in [7, 11) is 0. The zero-order valence-electron chi connectivity index (χ0n) is 14.0. The molecule has 0 heterocycles. The standard InChI is InChI=1S/C25H18/c1-2-6-18-14-20-9-4-10-21-15-22-12-11-16-7-3-8-19(13-17(18)5-1)23(16)25(22)24(20)21/h1-12H,13-15H2. The lowest BCUT2D eigenvalue weighted by Crippen LogP contribution is -1.97. The van der Waals surface area contributed by atoms with Crippen LogP contribution in [-0.4, -0.2) is 0 Å². The lowest BCUT2D eigenvalue weighted by molar-refractivity contribution is 1.10. The third-order valence-corrected chi connectivity index (χ3v) is 5.97. The highest BCUT2D eigenvalue weighted by Gasteiger charge is 2.26. The second-order valence-corrected chi connectivity index (χ2v) is 7.37. The third-order valence-electron chi connectivity index (χ3n) is 5.97. The Balaban J connectivity index is 1.82. The number of hydrogen-bond donors (Lipinski definition) is 0. The molecule has 0 unspecified atom stereocenters. The van der Waals surface area contributed by atoms with Gasteiger partial charge in [0.2, 0.25) is 0 Å². The van der Waals surface area contributed by atoms with Crippen molar-refractivity contribution in [2.24, 2.45) is 0 Å². The molecule has 4 aromatic rings. The van der Waals surface area contributed by atoms with Crippen molar-refractivity contribution in [3.05, 3.63) is 106 Å². The summed E-state index contributed by atoms with van der Waals surface area (Å²) in [4.78, 5) is 0. The SMILES string of the molecule is c1ccc2c(c1)Cc1cccc3c1-c1c(ccc4cccc(c14)C2)C3. The molecule has 0 saturated carbocycles. The van der Waals surface area contributed by atoms with Gasteiger partial charge in [-0.1, -0.05) is 72.8 Å². The minimum atomic E-state index is 1.02. The molecule has 0 radical (unpaired) electrons. The average molecular weight is 318 g/mol. The van der Waals surface area contributed by atoms with E-state index in [-0.39, 0.29) is 0 Å². The van der Waals surface area contributed by atoms with Crippen molar-refractivity contribution >= 4 is 10.8 Å². The first-order valence-electron chi connectivity index (χ1n) is 9.10. The number of fused-ring (bicyclic) bond motifs is 1. The van der Waals surface area contributed by atoms with Crippen LogP contribution in [0, 0.1) is 0 Å².